The van der Waals surface area contributed by atoms with E-state index in [-0.39, 0.29) is 0 Å². The van der Waals surface area contributed by atoms with Gasteiger partial charge in [-0.15, -0.1) is 0 Å². The van der Waals surface area contributed by atoms with Crippen molar-refractivity contribution in [3.8, 4) is 0 Å². The molecule has 0 aromatic rings. The fraction of sp³-hybridized carbons (Fsp3) is 0. The average molecular weight is 148 g/mol. The van der Waals surface area contributed by atoms with Crippen molar-refractivity contribution in [3.05, 3.63) is 0 Å². The third-order valence-corrected chi connectivity index (χ3v) is 1.58. The Hall–Kier alpha value is -1.24. The van der Waals surface area contributed by atoms with E-state index in [1.165, 1.54) is 0 Å². The lowest BCUT2D eigenvalue weighted by molar-refractivity contribution is 0.252. The smallest absolute Gasteiger partial charge is 0.305 e. The van der Waals surface area contributed by atoms with Gasteiger partial charge in [0, 0.05) is 0 Å². The van der Waals surface area contributed by atoms with Gasteiger partial charge in [0.15, 0.2) is 0 Å². The maximum Gasteiger partial charge on any atom is 0.305 e. The van der Waals surface area contributed by atoms with Crippen molar-refractivity contribution in [2.75, 3.05) is 0 Å². The maximum atomic E-state index is 9.93. The van der Waals surface area contributed by atoms with Crippen LogP contribution in [0.1, 0.15) is 0 Å². The highest BCUT2D eigenvalue weighted by Crippen LogP contribution is 1.50. The summed E-state index contributed by atoms with van der Waals surface area (Å²) in [5.74, 6) is 0. The van der Waals surface area contributed by atoms with Crippen molar-refractivity contribution >= 4 is 21.9 Å². The SMILES string of the molecule is NC(=O)N[SiH2]NC(N)=O. The molecule has 0 rings (SSSR count). The zero-order valence-electron chi connectivity index (χ0n) is 4.68. The van der Waals surface area contributed by atoms with E-state index in [1.54, 1.807) is 0 Å². The lowest BCUT2D eigenvalue weighted by atomic mass is 11.2. The molecule has 6 nitrogen and oxygen atoms in total. The Labute approximate surface area is 53.9 Å². The minimum atomic E-state index is -1.13. The third kappa shape index (κ3) is 6.76. The minimum Gasteiger partial charge on any atom is -0.352 e. The second-order valence-corrected chi connectivity index (χ2v) is 2.32. The van der Waals surface area contributed by atoms with E-state index < -0.39 is 21.9 Å². The highest BCUT2D eigenvalue weighted by molar-refractivity contribution is 6.37. The van der Waals surface area contributed by atoms with Gasteiger partial charge in [0.05, 0.1) is 0 Å². The molecule has 0 saturated heterocycles. The maximum absolute atomic E-state index is 9.93. The Morgan fingerprint density at radius 2 is 1.44 bits per heavy atom. The summed E-state index contributed by atoms with van der Waals surface area (Å²) >= 11 is 0. The quantitative estimate of drug-likeness (QED) is 0.320. The van der Waals surface area contributed by atoms with Gasteiger partial charge in [-0.3, -0.25) is 9.59 Å². The van der Waals surface area contributed by atoms with Crippen molar-refractivity contribution in [3.63, 3.8) is 0 Å². The molecule has 0 radical (unpaired) electrons. The Morgan fingerprint density at radius 1 is 1.11 bits per heavy atom. The summed E-state index contributed by atoms with van der Waals surface area (Å²) in [6.07, 6.45) is 0. The van der Waals surface area contributed by atoms with E-state index >= 15 is 0 Å². The van der Waals surface area contributed by atoms with Gasteiger partial charge in [0.25, 0.3) is 0 Å². The van der Waals surface area contributed by atoms with Crippen LogP contribution in [0.5, 0.6) is 0 Å². The Kier molecular flexibility index (Phi) is 3.21. The van der Waals surface area contributed by atoms with Crippen molar-refractivity contribution in [1.82, 2.24) is 9.96 Å². The van der Waals surface area contributed by atoms with Crippen LogP contribution in [0.25, 0.3) is 0 Å². The molecule has 0 unspecified atom stereocenters. The number of rotatable bonds is 2. The van der Waals surface area contributed by atoms with Crippen LogP contribution in [0.3, 0.4) is 0 Å². The first-order valence-corrected chi connectivity index (χ1v) is 3.61. The molecule has 0 bridgehead atoms. The van der Waals surface area contributed by atoms with Gasteiger partial charge in [0.1, 0.15) is 0 Å². The molecular weight excluding hydrogens is 140 g/mol. The zero-order valence-corrected chi connectivity index (χ0v) is 6.09. The van der Waals surface area contributed by atoms with E-state index in [4.69, 9.17) is 0 Å². The van der Waals surface area contributed by atoms with Crippen LogP contribution in [0, 0.1) is 0 Å². The molecule has 0 aromatic heterocycles. The average Bonchev–Trinajstić information content (AvgIpc) is 1.63. The predicted octanol–water partition coefficient (Wildman–Crippen LogP) is -2.68. The number of carbonyl (C=O) groups excluding carboxylic acids is 2. The standard InChI is InChI=1S/C2H8N4O2Si/c3-1(7)5-9-6-2(4)8/h9H2,(H3,3,5,7)(H3,4,6,8). The lowest BCUT2D eigenvalue weighted by Crippen LogP contribution is -2.45. The predicted molar refractivity (Wildman–Crippen MR) is 34.0 cm³/mol. The molecule has 7 heteroatoms. The molecule has 0 spiro atoms. The molecule has 0 aliphatic rings. The zero-order chi connectivity index (χ0) is 7.28. The van der Waals surface area contributed by atoms with E-state index in [0.717, 1.165) is 0 Å². The molecule has 0 aliphatic carbocycles. The number of carbonyl (C=O) groups is 2. The van der Waals surface area contributed by atoms with Gasteiger partial charge < -0.3 is 21.4 Å². The topological polar surface area (TPSA) is 110 Å². The minimum absolute atomic E-state index is 0.643. The third-order valence-electron chi connectivity index (χ3n) is 0.525. The van der Waals surface area contributed by atoms with Gasteiger partial charge in [0.2, 0.25) is 9.84 Å². The summed E-state index contributed by atoms with van der Waals surface area (Å²) in [4.78, 5) is 24.4. The Balaban J connectivity index is 3.10. The molecule has 0 fully saturated rings. The fourth-order valence-corrected chi connectivity index (χ4v) is 0.655. The van der Waals surface area contributed by atoms with E-state index in [0.29, 0.717) is 0 Å². The van der Waals surface area contributed by atoms with E-state index in [2.05, 4.69) is 21.4 Å². The van der Waals surface area contributed by atoms with Crippen LogP contribution in [0.2, 0.25) is 0 Å². The number of hydrogen-bond acceptors (Lipinski definition) is 2. The van der Waals surface area contributed by atoms with Gasteiger partial charge in [-0.05, 0) is 0 Å². The fourth-order valence-electron chi connectivity index (χ4n) is 0.218. The first-order chi connectivity index (χ1) is 4.13. The molecule has 52 valence electrons. The summed E-state index contributed by atoms with van der Waals surface area (Å²) in [5, 5.41) is 0. The van der Waals surface area contributed by atoms with Crippen molar-refractivity contribution in [2.24, 2.45) is 11.5 Å². The molecule has 0 heterocycles. The van der Waals surface area contributed by atoms with Gasteiger partial charge >= 0.3 is 12.1 Å². The summed E-state index contributed by atoms with van der Waals surface area (Å²) in [7, 11) is -1.13. The monoisotopic (exact) mass is 148 g/mol. The molecule has 0 aliphatic heterocycles. The van der Waals surface area contributed by atoms with Crippen molar-refractivity contribution < 1.29 is 9.59 Å². The van der Waals surface area contributed by atoms with Crippen LogP contribution in [-0.4, -0.2) is 21.9 Å². The summed E-state index contributed by atoms with van der Waals surface area (Å²) in [6, 6.07) is -1.29. The van der Waals surface area contributed by atoms with Gasteiger partial charge in [-0.2, -0.15) is 0 Å². The first kappa shape index (κ1) is 7.76. The summed E-state index contributed by atoms with van der Waals surface area (Å²) in [5.41, 5.74) is 9.34. The number of urea groups is 2. The highest BCUT2D eigenvalue weighted by Gasteiger charge is 1.92. The van der Waals surface area contributed by atoms with Crippen LogP contribution < -0.4 is 21.4 Å². The summed E-state index contributed by atoms with van der Waals surface area (Å²) in [6.45, 7) is 0. The number of hydrogen-bond donors (Lipinski definition) is 4. The van der Waals surface area contributed by atoms with Crippen LogP contribution in [0.15, 0.2) is 0 Å². The molecule has 6 N–H and O–H groups in total. The highest BCUT2D eigenvalue weighted by atomic mass is 28.2. The molecule has 9 heavy (non-hydrogen) atoms. The van der Waals surface area contributed by atoms with E-state index in [9.17, 15) is 9.59 Å². The van der Waals surface area contributed by atoms with Crippen LogP contribution >= 0.6 is 0 Å². The number of nitrogens with two attached hydrogens (primary N) is 2. The van der Waals surface area contributed by atoms with Crippen molar-refractivity contribution in [1.29, 1.82) is 0 Å². The number of amides is 4. The normalized spacial score (nSPS) is 8.00. The Morgan fingerprint density at radius 3 is 1.67 bits per heavy atom. The first-order valence-electron chi connectivity index (χ1n) is 2.19. The molecular formula is C2H8N4O2Si. The van der Waals surface area contributed by atoms with Crippen LogP contribution in [0.4, 0.5) is 9.59 Å². The molecule has 0 aromatic carbocycles. The molecule has 4 amide bonds. The Bertz CT molecular complexity index is 112. The molecule has 0 saturated carbocycles. The summed E-state index contributed by atoms with van der Waals surface area (Å²) < 4.78 is 0. The largest absolute Gasteiger partial charge is 0.352 e. The lowest BCUT2D eigenvalue weighted by Gasteiger charge is -1.98. The number of primary amides is 2. The van der Waals surface area contributed by atoms with Crippen molar-refractivity contribution in [2.45, 2.75) is 0 Å². The second-order valence-electron chi connectivity index (χ2n) is 1.26. The van der Waals surface area contributed by atoms with Crippen LogP contribution in [-0.2, 0) is 0 Å². The number of nitrogens with one attached hydrogen (secondary N) is 2. The van der Waals surface area contributed by atoms with Gasteiger partial charge in [-0.25, -0.2) is 0 Å². The van der Waals surface area contributed by atoms with E-state index in [1.807, 2.05) is 0 Å². The second kappa shape index (κ2) is 3.72. The molecule has 0 atom stereocenters. The van der Waals surface area contributed by atoms with Gasteiger partial charge in [-0.1, -0.05) is 0 Å².